The number of carbonyl (C=O) groups is 3. The molecule has 0 aromatic rings. The first-order chi connectivity index (χ1) is 27.1. The van der Waals surface area contributed by atoms with E-state index >= 15 is 0 Å². The molecular formula is C44H80NO10P. The zero-order valence-corrected chi connectivity index (χ0v) is 36.1. The number of rotatable bonds is 41. The van der Waals surface area contributed by atoms with Gasteiger partial charge in [0, 0.05) is 12.8 Å². The highest BCUT2D eigenvalue weighted by Crippen LogP contribution is 2.43. The van der Waals surface area contributed by atoms with E-state index in [4.69, 9.17) is 13.8 Å². The van der Waals surface area contributed by atoms with Gasteiger partial charge in [-0.1, -0.05) is 147 Å². The molecule has 0 aromatic carbocycles. The second-order valence-corrected chi connectivity index (χ2v) is 16.3. The molecule has 0 bridgehead atoms. The van der Waals surface area contributed by atoms with E-state index in [9.17, 15) is 34.1 Å². The summed E-state index contributed by atoms with van der Waals surface area (Å²) >= 11 is 0. The molecule has 1 amide bonds. The number of hydrogen-bond donors (Lipinski definition) is 4. The van der Waals surface area contributed by atoms with Crippen LogP contribution in [-0.2, 0) is 32.7 Å². The number of hydrogen-bond acceptors (Lipinski definition) is 8. The molecule has 11 nitrogen and oxygen atoms in total. The molecule has 0 rings (SSSR count). The van der Waals surface area contributed by atoms with Gasteiger partial charge in [0.15, 0.2) is 6.04 Å². The Morgan fingerprint density at radius 3 is 1.50 bits per heavy atom. The number of allylic oxidation sites excluding steroid dienone is 6. The zero-order valence-electron chi connectivity index (χ0n) is 35.2. The molecule has 56 heavy (non-hydrogen) atoms. The Labute approximate surface area is 340 Å². The van der Waals surface area contributed by atoms with Gasteiger partial charge in [0.25, 0.3) is 0 Å². The van der Waals surface area contributed by atoms with Crippen LogP contribution in [0.25, 0.3) is 0 Å². The van der Waals surface area contributed by atoms with Gasteiger partial charge in [0.1, 0.15) is 12.7 Å². The van der Waals surface area contributed by atoms with E-state index in [-0.39, 0.29) is 12.8 Å². The summed E-state index contributed by atoms with van der Waals surface area (Å²) in [7, 11) is -4.76. The summed E-state index contributed by atoms with van der Waals surface area (Å²) in [5, 5.41) is 21.8. The molecule has 0 spiro atoms. The van der Waals surface area contributed by atoms with E-state index < -0.39 is 57.6 Å². The topological polar surface area (TPSA) is 169 Å². The highest BCUT2D eigenvalue weighted by Gasteiger charge is 2.28. The summed E-state index contributed by atoms with van der Waals surface area (Å²) in [5.74, 6) is -2.39. The SMILES string of the molecule is CCCCC/C=C\C/C=C\CCCCCCCCCCCC(=O)NC(COP(=O)(O)OCC(O)COC(=O)CCCCCCC/C=C\CCCCCC)C(=O)O. The molecule has 12 heteroatoms. The third kappa shape index (κ3) is 38.6. The number of carbonyl (C=O) groups excluding carboxylic acids is 2. The fraction of sp³-hybridized carbons (Fsp3) is 0.795. The number of phosphoric ester groups is 1. The van der Waals surface area contributed by atoms with Gasteiger partial charge in [-0.3, -0.25) is 18.6 Å². The van der Waals surface area contributed by atoms with Gasteiger partial charge in [-0.15, -0.1) is 0 Å². The molecule has 0 radical (unpaired) electrons. The lowest BCUT2D eigenvalue weighted by atomic mass is 10.1. The van der Waals surface area contributed by atoms with Crippen LogP contribution in [0.2, 0.25) is 0 Å². The van der Waals surface area contributed by atoms with Crippen molar-refractivity contribution < 1.29 is 47.8 Å². The summed E-state index contributed by atoms with van der Waals surface area (Å²) < 4.78 is 26.8. The first-order valence-electron chi connectivity index (χ1n) is 22.0. The van der Waals surface area contributed by atoms with Gasteiger partial charge in [-0.25, -0.2) is 9.36 Å². The normalized spacial score (nSPS) is 14.1. The molecule has 0 aliphatic rings. The molecule has 0 fully saturated rings. The number of amides is 1. The third-order valence-electron chi connectivity index (χ3n) is 9.40. The summed E-state index contributed by atoms with van der Waals surface area (Å²) in [6.45, 7) is 2.54. The largest absolute Gasteiger partial charge is 0.480 e. The fourth-order valence-electron chi connectivity index (χ4n) is 5.93. The van der Waals surface area contributed by atoms with E-state index in [1.807, 2.05) is 0 Å². The fourth-order valence-corrected chi connectivity index (χ4v) is 6.70. The number of carboxylic acids is 1. The maximum absolute atomic E-state index is 12.3. The van der Waals surface area contributed by atoms with Gasteiger partial charge in [-0.2, -0.15) is 0 Å². The summed E-state index contributed by atoms with van der Waals surface area (Å²) in [6.07, 6.45) is 41.6. The lowest BCUT2D eigenvalue weighted by Crippen LogP contribution is -2.43. The van der Waals surface area contributed by atoms with Gasteiger partial charge in [-0.05, 0) is 70.6 Å². The predicted molar refractivity (Wildman–Crippen MR) is 226 cm³/mol. The number of nitrogens with one attached hydrogen (secondary N) is 1. The van der Waals surface area contributed by atoms with Gasteiger partial charge in [0.2, 0.25) is 5.91 Å². The Morgan fingerprint density at radius 2 is 0.982 bits per heavy atom. The van der Waals surface area contributed by atoms with Crippen molar-refractivity contribution in [2.45, 2.75) is 206 Å². The van der Waals surface area contributed by atoms with Gasteiger partial charge >= 0.3 is 19.8 Å². The summed E-state index contributed by atoms with van der Waals surface area (Å²) in [5.41, 5.74) is 0. The molecule has 3 atom stereocenters. The predicted octanol–water partition coefficient (Wildman–Crippen LogP) is 11.2. The van der Waals surface area contributed by atoms with Crippen LogP contribution in [-0.4, -0.2) is 64.9 Å². The number of aliphatic hydroxyl groups excluding tert-OH is 1. The number of phosphoric acid groups is 1. The average Bonchev–Trinajstić information content (AvgIpc) is 3.17. The second-order valence-electron chi connectivity index (χ2n) is 14.9. The first kappa shape index (κ1) is 53.7. The van der Waals surface area contributed by atoms with Crippen LogP contribution in [0.5, 0.6) is 0 Å². The van der Waals surface area contributed by atoms with Crippen LogP contribution in [0.1, 0.15) is 194 Å². The van der Waals surface area contributed by atoms with Gasteiger partial charge in [0.05, 0.1) is 13.2 Å². The highest BCUT2D eigenvalue weighted by atomic mass is 31.2. The third-order valence-corrected chi connectivity index (χ3v) is 10.4. The first-order valence-corrected chi connectivity index (χ1v) is 23.5. The maximum atomic E-state index is 12.3. The van der Waals surface area contributed by atoms with Crippen molar-refractivity contribution in [3.63, 3.8) is 0 Å². The average molecular weight is 814 g/mol. The van der Waals surface area contributed by atoms with E-state index in [1.165, 1.54) is 77.0 Å². The molecule has 0 heterocycles. The van der Waals surface area contributed by atoms with Crippen LogP contribution in [0.3, 0.4) is 0 Å². The lowest BCUT2D eigenvalue weighted by Gasteiger charge is -2.18. The van der Waals surface area contributed by atoms with Crippen molar-refractivity contribution in [2.75, 3.05) is 19.8 Å². The number of esters is 1. The molecule has 0 aromatic heterocycles. The zero-order chi connectivity index (χ0) is 41.4. The number of aliphatic hydroxyl groups is 1. The van der Waals surface area contributed by atoms with Crippen molar-refractivity contribution in [3.05, 3.63) is 36.5 Å². The molecule has 4 N–H and O–H groups in total. The maximum Gasteiger partial charge on any atom is 0.472 e. The molecule has 0 saturated carbocycles. The monoisotopic (exact) mass is 814 g/mol. The smallest absolute Gasteiger partial charge is 0.472 e. The number of aliphatic carboxylic acids is 1. The highest BCUT2D eigenvalue weighted by molar-refractivity contribution is 7.47. The van der Waals surface area contributed by atoms with E-state index in [0.717, 1.165) is 77.0 Å². The van der Waals surface area contributed by atoms with Crippen molar-refractivity contribution in [3.8, 4) is 0 Å². The Balaban J connectivity index is 3.91. The number of carboxylic acid groups (broad SMARTS) is 1. The van der Waals surface area contributed by atoms with Gasteiger partial charge < -0.3 is 25.2 Å². The van der Waals surface area contributed by atoms with E-state index in [0.29, 0.717) is 12.8 Å². The number of ether oxygens (including phenoxy) is 1. The summed E-state index contributed by atoms with van der Waals surface area (Å²) in [6, 6.07) is -1.55. The molecule has 0 saturated heterocycles. The second kappa shape index (κ2) is 39.5. The van der Waals surface area contributed by atoms with E-state index in [2.05, 4.69) is 55.6 Å². The molecule has 3 unspecified atom stereocenters. The Bertz CT molecular complexity index is 1100. The van der Waals surface area contributed by atoms with Crippen molar-refractivity contribution in [1.82, 2.24) is 5.32 Å². The lowest BCUT2D eigenvalue weighted by molar-refractivity contribution is -0.147. The van der Waals surface area contributed by atoms with Crippen LogP contribution in [0, 0.1) is 0 Å². The Hall–Kier alpha value is -2.30. The Kier molecular flexibility index (Phi) is 37.9. The minimum Gasteiger partial charge on any atom is -0.480 e. The van der Waals surface area contributed by atoms with Crippen molar-refractivity contribution in [2.24, 2.45) is 0 Å². The molecular weight excluding hydrogens is 733 g/mol. The van der Waals surface area contributed by atoms with Crippen molar-refractivity contribution >= 4 is 25.7 Å². The minimum atomic E-state index is -4.76. The summed E-state index contributed by atoms with van der Waals surface area (Å²) in [4.78, 5) is 45.9. The standard InChI is InChI=1S/C44H80NO10P/c1-3-5-7-9-11-13-15-17-18-19-20-21-22-24-25-27-29-31-33-35-42(47)45-41(44(49)50)39-55-56(51,52)54-38-40(46)37-53-43(48)36-34-32-30-28-26-23-16-14-12-10-8-6-4-2/h11,13-14,16-18,40-41,46H,3-10,12,15,19-39H2,1-2H3,(H,45,47)(H,49,50)(H,51,52)/b13-11-,16-14-,18-17-. The van der Waals surface area contributed by atoms with Crippen LogP contribution < -0.4 is 5.32 Å². The molecule has 326 valence electrons. The minimum absolute atomic E-state index is 0.140. The van der Waals surface area contributed by atoms with E-state index in [1.54, 1.807) is 0 Å². The molecule has 0 aliphatic heterocycles. The quantitative estimate of drug-likeness (QED) is 0.0202. The van der Waals surface area contributed by atoms with Crippen LogP contribution in [0.15, 0.2) is 36.5 Å². The Morgan fingerprint density at radius 1 is 0.571 bits per heavy atom. The van der Waals surface area contributed by atoms with Crippen LogP contribution >= 0.6 is 7.82 Å². The van der Waals surface area contributed by atoms with Crippen molar-refractivity contribution in [1.29, 1.82) is 0 Å². The molecule has 0 aliphatic carbocycles. The van der Waals surface area contributed by atoms with Crippen LogP contribution in [0.4, 0.5) is 0 Å². The number of unbranched alkanes of at least 4 members (excludes halogenated alkanes) is 21.